The molecule has 16 heavy (non-hydrogen) atoms. The summed E-state index contributed by atoms with van der Waals surface area (Å²) >= 11 is 0. The molecule has 0 aromatic heterocycles. The number of hydrogen-bond acceptors (Lipinski definition) is 1. The predicted octanol–water partition coefficient (Wildman–Crippen LogP) is 3.35. The molecule has 0 radical (unpaired) electrons. The maximum absolute atomic E-state index is 6.25. The van der Waals surface area contributed by atoms with Crippen LogP contribution in [0.25, 0.3) is 0 Å². The first-order valence-corrected chi connectivity index (χ1v) is 5.55. The van der Waals surface area contributed by atoms with Crippen LogP contribution in [0.15, 0.2) is 48.5 Å². The van der Waals surface area contributed by atoms with Gasteiger partial charge in [0.05, 0.1) is 6.04 Å². The molecule has 2 aromatic carbocycles. The first kappa shape index (κ1) is 10.9. The second kappa shape index (κ2) is 4.50. The van der Waals surface area contributed by atoms with E-state index in [1.54, 1.807) is 0 Å². The van der Waals surface area contributed by atoms with Crippen molar-refractivity contribution in [1.29, 1.82) is 0 Å². The molecular weight excluding hydrogens is 194 g/mol. The van der Waals surface area contributed by atoms with Crippen molar-refractivity contribution in [1.82, 2.24) is 0 Å². The zero-order valence-electron chi connectivity index (χ0n) is 9.77. The summed E-state index contributed by atoms with van der Waals surface area (Å²) in [4.78, 5) is 0. The highest BCUT2D eigenvalue weighted by Crippen LogP contribution is 2.20. The maximum Gasteiger partial charge on any atom is 0.0551 e. The van der Waals surface area contributed by atoms with E-state index >= 15 is 0 Å². The second-order valence-corrected chi connectivity index (χ2v) is 4.31. The van der Waals surface area contributed by atoms with E-state index in [1.807, 2.05) is 0 Å². The molecule has 0 amide bonds. The van der Waals surface area contributed by atoms with Crippen LogP contribution in [0.3, 0.4) is 0 Å². The van der Waals surface area contributed by atoms with Crippen LogP contribution in [0.1, 0.15) is 28.3 Å². The van der Waals surface area contributed by atoms with Gasteiger partial charge in [-0.3, -0.25) is 0 Å². The molecular formula is C15H17N. The molecule has 82 valence electrons. The first-order valence-electron chi connectivity index (χ1n) is 5.55. The molecule has 1 heteroatoms. The minimum absolute atomic E-state index is 0.0280. The van der Waals surface area contributed by atoms with Gasteiger partial charge in [-0.25, -0.2) is 0 Å². The van der Waals surface area contributed by atoms with Gasteiger partial charge < -0.3 is 5.73 Å². The van der Waals surface area contributed by atoms with E-state index in [9.17, 15) is 0 Å². The molecule has 0 spiro atoms. The highest BCUT2D eigenvalue weighted by atomic mass is 14.6. The molecule has 1 nitrogen and oxygen atoms in total. The van der Waals surface area contributed by atoms with E-state index in [-0.39, 0.29) is 6.04 Å². The molecule has 0 aliphatic rings. The van der Waals surface area contributed by atoms with Crippen LogP contribution in [0.2, 0.25) is 0 Å². The summed E-state index contributed by atoms with van der Waals surface area (Å²) in [6.45, 7) is 4.18. The number of benzene rings is 2. The van der Waals surface area contributed by atoms with Crippen LogP contribution in [-0.4, -0.2) is 0 Å². The van der Waals surface area contributed by atoms with Gasteiger partial charge in [0, 0.05) is 0 Å². The third-order valence-corrected chi connectivity index (χ3v) is 2.80. The normalized spacial score (nSPS) is 10.8. The molecule has 0 aliphatic carbocycles. The summed E-state index contributed by atoms with van der Waals surface area (Å²) in [6.07, 6.45) is 0. The number of rotatable bonds is 2. The molecule has 0 aliphatic heterocycles. The zero-order chi connectivity index (χ0) is 11.5. The van der Waals surface area contributed by atoms with Crippen LogP contribution < -0.4 is 5.73 Å². The van der Waals surface area contributed by atoms with Gasteiger partial charge in [-0.15, -0.1) is 0 Å². The predicted molar refractivity (Wildman–Crippen MR) is 68.4 cm³/mol. The second-order valence-electron chi connectivity index (χ2n) is 4.31. The quantitative estimate of drug-likeness (QED) is 0.810. The summed E-state index contributed by atoms with van der Waals surface area (Å²) in [6, 6.07) is 16.7. The Kier molecular flexibility index (Phi) is 3.07. The van der Waals surface area contributed by atoms with Crippen molar-refractivity contribution in [2.45, 2.75) is 19.9 Å². The van der Waals surface area contributed by atoms with Crippen molar-refractivity contribution in [3.8, 4) is 0 Å². The highest BCUT2D eigenvalue weighted by Gasteiger charge is 2.08. The molecule has 2 rings (SSSR count). The Balaban J connectivity index is 2.35. The minimum Gasteiger partial charge on any atom is -0.320 e. The van der Waals surface area contributed by atoms with E-state index in [4.69, 9.17) is 5.73 Å². The van der Waals surface area contributed by atoms with Crippen LogP contribution >= 0.6 is 0 Å². The van der Waals surface area contributed by atoms with Gasteiger partial charge in [-0.2, -0.15) is 0 Å². The number of hydrogen-bond donors (Lipinski definition) is 1. The lowest BCUT2D eigenvalue weighted by atomic mass is 9.97. The SMILES string of the molecule is Cc1cccc(C(N)c2cccc(C)c2)c1. The van der Waals surface area contributed by atoms with Gasteiger partial charge in [0.25, 0.3) is 0 Å². The average Bonchev–Trinajstić information content (AvgIpc) is 2.28. The Bertz CT molecular complexity index is 443. The van der Waals surface area contributed by atoms with Crippen molar-refractivity contribution in [2.75, 3.05) is 0 Å². The third-order valence-electron chi connectivity index (χ3n) is 2.80. The van der Waals surface area contributed by atoms with Crippen molar-refractivity contribution >= 4 is 0 Å². The van der Waals surface area contributed by atoms with E-state index in [2.05, 4.69) is 62.4 Å². The highest BCUT2D eigenvalue weighted by molar-refractivity contribution is 5.35. The first-order chi connectivity index (χ1) is 7.66. The fourth-order valence-electron chi connectivity index (χ4n) is 1.92. The molecule has 0 fully saturated rings. The molecule has 0 saturated carbocycles. The number of aryl methyl sites for hydroxylation is 2. The molecule has 0 atom stereocenters. The smallest absolute Gasteiger partial charge is 0.0551 e. The van der Waals surface area contributed by atoms with Crippen molar-refractivity contribution in [3.05, 3.63) is 70.8 Å². The van der Waals surface area contributed by atoms with Crippen LogP contribution in [0.5, 0.6) is 0 Å². The van der Waals surface area contributed by atoms with Crippen molar-refractivity contribution in [2.24, 2.45) is 5.73 Å². The monoisotopic (exact) mass is 211 g/mol. The summed E-state index contributed by atoms with van der Waals surface area (Å²) in [7, 11) is 0. The van der Waals surface area contributed by atoms with Gasteiger partial charge in [-0.1, -0.05) is 59.7 Å². The lowest BCUT2D eigenvalue weighted by molar-refractivity contribution is 0.868. The van der Waals surface area contributed by atoms with Gasteiger partial charge >= 0.3 is 0 Å². The lowest BCUT2D eigenvalue weighted by Crippen LogP contribution is -2.11. The van der Waals surface area contributed by atoms with Crippen LogP contribution in [0.4, 0.5) is 0 Å². The van der Waals surface area contributed by atoms with E-state index in [0.717, 1.165) is 0 Å². The standard InChI is InChI=1S/C15H17N/c1-11-5-3-7-13(9-11)15(16)14-8-4-6-12(2)10-14/h3-10,15H,16H2,1-2H3. The Labute approximate surface area is 96.9 Å². The van der Waals surface area contributed by atoms with Crippen molar-refractivity contribution in [3.63, 3.8) is 0 Å². The molecule has 2 aromatic rings. The molecule has 0 bridgehead atoms. The summed E-state index contributed by atoms with van der Waals surface area (Å²) < 4.78 is 0. The van der Waals surface area contributed by atoms with Gasteiger partial charge in [0.2, 0.25) is 0 Å². The Morgan fingerprint density at radius 2 is 1.25 bits per heavy atom. The van der Waals surface area contributed by atoms with Gasteiger partial charge in [0.1, 0.15) is 0 Å². The fourth-order valence-corrected chi connectivity index (χ4v) is 1.92. The van der Waals surface area contributed by atoms with Crippen molar-refractivity contribution < 1.29 is 0 Å². The Morgan fingerprint density at radius 1 is 0.812 bits per heavy atom. The van der Waals surface area contributed by atoms with E-state index in [0.29, 0.717) is 0 Å². The van der Waals surface area contributed by atoms with Crippen LogP contribution in [-0.2, 0) is 0 Å². The molecule has 2 N–H and O–H groups in total. The lowest BCUT2D eigenvalue weighted by Gasteiger charge is -2.13. The average molecular weight is 211 g/mol. The fraction of sp³-hybridized carbons (Fsp3) is 0.200. The van der Waals surface area contributed by atoms with Gasteiger partial charge in [0.15, 0.2) is 0 Å². The summed E-state index contributed by atoms with van der Waals surface area (Å²) in [5, 5.41) is 0. The Morgan fingerprint density at radius 3 is 1.62 bits per heavy atom. The van der Waals surface area contributed by atoms with E-state index < -0.39 is 0 Å². The summed E-state index contributed by atoms with van der Waals surface area (Å²) in [5.74, 6) is 0. The third kappa shape index (κ3) is 2.31. The van der Waals surface area contributed by atoms with Gasteiger partial charge in [-0.05, 0) is 25.0 Å². The molecule has 0 heterocycles. The molecule has 0 saturated heterocycles. The summed E-state index contributed by atoms with van der Waals surface area (Å²) in [5.41, 5.74) is 11.1. The van der Waals surface area contributed by atoms with E-state index in [1.165, 1.54) is 22.3 Å². The number of nitrogens with two attached hydrogens (primary N) is 1. The largest absolute Gasteiger partial charge is 0.320 e. The van der Waals surface area contributed by atoms with Crippen LogP contribution in [0, 0.1) is 13.8 Å². The zero-order valence-corrected chi connectivity index (χ0v) is 9.77. The molecule has 0 unspecified atom stereocenters. The minimum atomic E-state index is -0.0280. The Hall–Kier alpha value is -1.60. The topological polar surface area (TPSA) is 26.0 Å². The maximum atomic E-state index is 6.25.